The minimum atomic E-state index is -1.70. The number of hydrogen-bond donors (Lipinski definition) is 2. The van der Waals surface area contributed by atoms with Crippen molar-refractivity contribution in [3.8, 4) is 11.5 Å². The van der Waals surface area contributed by atoms with Gasteiger partial charge in [-0.1, -0.05) is 12.1 Å². The highest BCUT2D eigenvalue weighted by atomic mass is 32.2. The van der Waals surface area contributed by atoms with Crippen LogP contribution in [0.2, 0.25) is 0 Å². The predicted octanol–water partition coefficient (Wildman–Crippen LogP) is 5.24. The Bertz CT molecular complexity index is 1190. The summed E-state index contributed by atoms with van der Waals surface area (Å²) < 4.78 is 64.5. The van der Waals surface area contributed by atoms with Crippen LogP contribution in [0.5, 0.6) is 11.5 Å². The summed E-state index contributed by atoms with van der Waals surface area (Å²) in [7, 11) is 2.84. The van der Waals surface area contributed by atoms with Gasteiger partial charge in [-0.05, 0) is 30.3 Å². The lowest BCUT2D eigenvalue weighted by molar-refractivity contribution is -0.113. The number of rotatable bonds is 8. The third-order valence-electron chi connectivity index (χ3n) is 4.49. The molecule has 0 spiro atoms. The van der Waals surface area contributed by atoms with Gasteiger partial charge in [-0.3, -0.25) is 9.59 Å². The molecule has 0 atom stereocenters. The molecule has 34 heavy (non-hydrogen) atoms. The maximum atomic E-state index is 13.7. The van der Waals surface area contributed by atoms with Gasteiger partial charge in [0.15, 0.2) is 23.3 Å². The zero-order valence-electron chi connectivity index (χ0n) is 17.9. The molecule has 0 aliphatic rings. The van der Waals surface area contributed by atoms with Gasteiger partial charge >= 0.3 is 0 Å². The molecule has 0 aromatic heterocycles. The van der Waals surface area contributed by atoms with E-state index in [0.29, 0.717) is 22.1 Å². The molecule has 0 saturated carbocycles. The SMILES string of the molecule is COc1cccc(OC)c1C(=O)Nc1cccc(SCC(=O)Nc2c(F)c(F)cc(F)c2F)c1. The summed E-state index contributed by atoms with van der Waals surface area (Å²) >= 11 is 0.975. The average molecular weight is 494 g/mol. The van der Waals surface area contributed by atoms with Crippen LogP contribution >= 0.6 is 11.8 Å². The minimum Gasteiger partial charge on any atom is -0.496 e. The Morgan fingerprint density at radius 1 is 0.853 bits per heavy atom. The van der Waals surface area contributed by atoms with E-state index in [0.717, 1.165) is 11.8 Å². The van der Waals surface area contributed by atoms with E-state index < -0.39 is 40.8 Å². The van der Waals surface area contributed by atoms with E-state index in [4.69, 9.17) is 9.47 Å². The first kappa shape index (κ1) is 24.9. The molecule has 0 saturated heterocycles. The normalized spacial score (nSPS) is 10.5. The molecule has 6 nitrogen and oxygen atoms in total. The van der Waals surface area contributed by atoms with Gasteiger partial charge in [0.1, 0.15) is 22.7 Å². The average Bonchev–Trinajstić information content (AvgIpc) is 2.83. The van der Waals surface area contributed by atoms with Crippen LogP contribution in [0.1, 0.15) is 10.4 Å². The molecule has 2 amide bonds. The molecular weight excluding hydrogens is 476 g/mol. The van der Waals surface area contributed by atoms with Gasteiger partial charge in [0.2, 0.25) is 5.91 Å². The molecule has 0 fully saturated rings. The van der Waals surface area contributed by atoms with Crippen LogP contribution < -0.4 is 20.1 Å². The molecule has 3 aromatic rings. The maximum Gasteiger partial charge on any atom is 0.263 e. The highest BCUT2D eigenvalue weighted by Crippen LogP contribution is 2.30. The molecule has 2 N–H and O–H groups in total. The standard InChI is InChI=1S/C23H18F4N2O4S/c1-32-16-7-4-8-17(33-2)19(16)23(31)28-12-5-3-6-13(9-12)34-11-18(30)29-22-20(26)14(24)10-15(25)21(22)27/h3-10H,11H2,1-2H3,(H,28,31)(H,29,30). The quantitative estimate of drug-likeness (QED) is 0.254. The Kier molecular flexibility index (Phi) is 8.00. The van der Waals surface area contributed by atoms with Crippen molar-refractivity contribution in [3.63, 3.8) is 0 Å². The van der Waals surface area contributed by atoms with Gasteiger partial charge in [0, 0.05) is 16.6 Å². The largest absolute Gasteiger partial charge is 0.496 e. The van der Waals surface area contributed by atoms with E-state index in [1.165, 1.54) is 14.2 Å². The Labute approximate surface area is 196 Å². The van der Waals surface area contributed by atoms with Gasteiger partial charge in [0.25, 0.3) is 5.91 Å². The number of thioether (sulfide) groups is 1. The third-order valence-corrected chi connectivity index (χ3v) is 5.49. The monoisotopic (exact) mass is 494 g/mol. The first-order valence-corrected chi connectivity index (χ1v) is 10.6. The van der Waals surface area contributed by atoms with E-state index >= 15 is 0 Å². The Morgan fingerprint density at radius 3 is 2.03 bits per heavy atom. The molecule has 0 unspecified atom stereocenters. The summed E-state index contributed by atoms with van der Waals surface area (Å²) in [4.78, 5) is 25.4. The molecule has 0 bridgehead atoms. The van der Waals surface area contributed by atoms with Gasteiger partial charge in [-0.2, -0.15) is 0 Å². The molecule has 178 valence electrons. The second kappa shape index (κ2) is 10.9. The van der Waals surface area contributed by atoms with E-state index in [9.17, 15) is 27.2 Å². The Balaban J connectivity index is 1.68. The molecular formula is C23H18F4N2O4S. The number of anilines is 2. The van der Waals surface area contributed by atoms with Crippen LogP contribution in [0.15, 0.2) is 53.4 Å². The summed E-state index contributed by atoms with van der Waals surface area (Å²) in [5, 5.41) is 4.54. The van der Waals surface area contributed by atoms with E-state index in [2.05, 4.69) is 5.32 Å². The zero-order chi connectivity index (χ0) is 24.8. The fourth-order valence-corrected chi connectivity index (χ4v) is 3.69. The van der Waals surface area contributed by atoms with Crippen molar-refractivity contribution in [3.05, 3.63) is 77.4 Å². The van der Waals surface area contributed by atoms with Gasteiger partial charge < -0.3 is 20.1 Å². The zero-order valence-corrected chi connectivity index (χ0v) is 18.7. The highest BCUT2D eigenvalue weighted by molar-refractivity contribution is 8.00. The second-order valence-electron chi connectivity index (χ2n) is 6.70. The van der Waals surface area contributed by atoms with Crippen molar-refractivity contribution in [2.45, 2.75) is 4.90 Å². The van der Waals surface area contributed by atoms with E-state index in [1.807, 2.05) is 5.32 Å². The lowest BCUT2D eigenvalue weighted by atomic mass is 10.1. The molecule has 0 radical (unpaired) electrons. The van der Waals surface area contributed by atoms with Crippen molar-refractivity contribution in [1.82, 2.24) is 0 Å². The third kappa shape index (κ3) is 5.60. The van der Waals surface area contributed by atoms with Crippen LogP contribution in [-0.2, 0) is 4.79 Å². The number of amides is 2. The van der Waals surface area contributed by atoms with E-state index in [1.54, 1.807) is 42.5 Å². The molecule has 0 heterocycles. The summed E-state index contributed by atoms with van der Waals surface area (Å²) in [5.41, 5.74) is -0.612. The number of ether oxygens (including phenoxy) is 2. The van der Waals surface area contributed by atoms with E-state index in [-0.39, 0.29) is 17.4 Å². The van der Waals surface area contributed by atoms with Crippen molar-refractivity contribution < 1.29 is 36.6 Å². The van der Waals surface area contributed by atoms with Crippen molar-refractivity contribution in [2.24, 2.45) is 0 Å². The van der Waals surface area contributed by atoms with Gasteiger partial charge in [-0.25, -0.2) is 17.6 Å². The lowest BCUT2D eigenvalue weighted by Gasteiger charge is -2.13. The maximum absolute atomic E-state index is 13.7. The first-order valence-electron chi connectivity index (χ1n) is 9.63. The summed E-state index contributed by atoms with van der Waals surface area (Å²) in [5.74, 6) is -7.74. The molecule has 3 aromatic carbocycles. The number of benzene rings is 3. The first-order chi connectivity index (χ1) is 16.2. The topological polar surface area (TPSA) is 76.7 Å². The summed E-state index contributed by atoms with van der Waals surface area (Å²) in [6.45, 7) is 0. The number of nitrogens with one attached hydrogen (secondary N) is 2. The van der Waals surface area contributed by atoms with Crippen molar-refractivity contribution >= 4 is 35.0 Å². The number of halogens is 4. The number of carbonyl (C=O) groups excluding carboxylic acids is 2. The summed E-state index contributed by atoms with van der Waals surface area (Å²) in [6, 6.07) is 11.4. The van der Waals surface area contributed by atoms with Crippen molar-refractivity contribution in [1.29, 1.82) is 0 Å². The van der Waals surface area contributed by atoms with Crippen LogP contribution in [0.25, 0.3) is 0 Å². The Morgan fingerprint density at radius 2 is 1.44 bits per heavy atom. The highest BCUT2D eigenvalue weighted by Gasteiger charge is 2.21. The molecule has 11 heteroatoms. The number of carbonyl (C=O) groups is 2. The number of hydrogen-bond acceptors (Lipinski definition) is 5. The minimum absolute atomic E-state index is 0.0511. The lowest BCUT2D eigenvalue weighted by Crippen LogP contribution is -2.17. The molecule has 3 rings (SSSR count). The van der Waals surface area contributed by atoms with Crippen LogP contribution in [-0.4, -0.2) is 31.8 Å². The van der Waals surface area contributed by atoms with Crippen molar-refractivity contribution in [2.75, 3.05) is 30.6 Å². The fraction of sp³-hybridized carbons (Fsp3) is 0.130. The smallest absolute Gasteiger partial charge is 0.263 e. The molecule has 0 aliphatic carbocycles. The van der Waals surface area contributed by atoms with Gasteiger partial charge in [-0.15, -0.1) is 11.8 Å². The van der Waals surface area contributed by atoms with Crippen LogP contribution in [0.3, 0.4) is 0 Å². The Hall–Kier alpha value is -3.73. The molecule has 0 aliphatic heterocycles. The summed E-state index contributed by atoms with van der Waals surface area (Å²) in [6.07, 6.45) is 0. The number of methoxy groups -OCH3 is 2. The predicted molar refractivity (Wildman–Crippen MR) is 120 cm³/mol. The van der Waals surface area contributed by atoms with Crippen LogP contribution in [0, 0.1) is 23.3 Å². The van der Waals surface area contributed by atoms with Gasteiger partial charge in [0.05, 0.1) is 20.0 Å². The second-order valence-corrected chi connectivity index (χ2v) is 7.75. The van der Waals surface area contributed by atoms with Crippen LogP contribution in [0.4, 0.5) is 28.9 Å². The fourth-order valence-electron chi connectivity index (χ4n) is 2.94.